The van der Waals surface area contributed by atoms with Crippen molar-refractivity contribution < 1.29 is 14.3 Å². The van der Waals surface area contributed by atoms with Gasteiger partial charge >= 0.3 is 0 Å². The molecule has 31 heavy (non-hydrogen) atoms. The van der Waals surface area contributed by atoms with Crippen LogP contribution in [0.3, 0.4) is 0 Å². The molecule has 1 aliphatic carbocycles. The highest BCUT2D eigenvalue weighted by Crippen LogP contribution is 2.53. The molecule has 2 fully saturated rings. The minimum Gasteiger partial charge on any atom is -0.487 e. The lowest BCUT2D eigenvalue weighted by atomic mass is 10.0. The van der Waals surface area contributed by atoms with Crippen LogP contribution in [0.1, 0.15) is 29.8 Å². The van der Waals surface area contributed by atoms with Gasteiger partial charge in [0.1, 0.15) is 23.2 Å². The van der Waals surface area contributed by atoms with Crippen molar-refractivity contribution in [3.05, 3.63) is 47.9 Å². The third-order valence-corrected chi connectivity index (χ3v) is 6.71. The number of fused-ring (bicyclic) bond motifs is 3. The van der Waals surface area contributed by atoms with Crippen molar-refractivity contribution in [1.29, 1.82) is 0 Å². The van der Waals surface area contributed by atoms with Crippen LogP contribution in [0.5, 0.6) is 5.75 Å². The van der Waals surface area contributed by atoms with Crippen LogP contribution < -0.4 is 15.0 Å². The minimum atomic E-state index is -0.273. The number of aldehydes is 1. The van der Waals surface area contributed by atoms with Crippen LogP contribution in [0.25, 0.3) is 5.65 Å². The summed E-state index contributed by atoms with van der Waals surface area (Å²) in [6.45, 7) is 5.76. The molecule has 158 valence electrons. The van der Waals surface area contributed by atoms with Gasteiger partial charge in [-0.25, -0.2) is 9.50 Å². The van der Waals surface area contributed by atoms with Gasteiger partial charge in [0.05, 0.1) is 17.6 Å². The predicted octanol–water partition coefficient (Wildman–Crippen LogP) is 2.58. The largest absolute Gasteiger partial charge is 0.487 e. The fraction of sp³-hybridized carbons (Fsp3) is 0.391. The van der Waals surface area contributed by atoms with E-state index in [1.165, 1.54) is 6.20 Å². The molecule has 0 spiro atoms. The number of hydrogen-bond donors (Lipinski definition) is 1. The second-order valence-electron chi connectivity index (χ2n) is 9.36. The maximum atomic E-state index is 13.2. The Labute approximate surface area is 179 Å². The molecule has 1 amide bonds. The van der Waals surface area contributed by atoms with Crippen molar-refractivity contribution in [2.24, 2.45) is 17.8 Å². The lowest BCUT2D eigenvalue weighted by Gasteiger charge is -2.25. The number of nitrogens with one attached hydrogen (secondary N) is 1. The standard InChI is InChI=1S/C23H23N5O3/c1-23(2)8-13-6-18(26-22(30)14-9-25-28-5-3-4-24-21(14)28)19(7-20(13)31-23)27-10-15-16(11-27)17(15)12-29/h3-7,9,12,15-17H,8,10-11H2,1-2H3,(H,26,30). The van der Waals surface area contributed by atoms with Gasteiger partial charge < -0.3 is 19.7 Å². The molecule has 4 heterocycles. The quantitative estimate of drug-likeness (QED) is 0.657. The number of hydrogen-bond acceptors (Lipinski definition) is 6. The van der Waals surface area contributed by atoms with E-state index in [0.29, 0.717) is 23.0 Å². The van der Waals surface area contributed by atoms with Crippen LogP contribution in [-0.4, -0.2) is 45.5 Å². The molecule has 8 nitrogen and oxygen atoms in total. The Morgan fingerprint density at radius 2 is 2.10 bits per heavy atom. The molecule has 3 aromatic rings. The van der Waals surface area contributed by atoms with Gasteiger partial charge in [-0.2, -0.15) is 5.10 Å². The number of amides is 1. The Bertz CT molecular complexity index is 1220. The number of ether oxygens (including phenoxy) is 1. The third kappa shape index (κ3) is 2.89. The number of piperidine rings is 1. The lowest BCUT2D eigenvalue weighted by Crippen LogP contribution is -2.26. The average Bonchev–Trinajstić information content (AvgIpc) is 3.11. The average molecular weight is 417 g/mol. The zero-order chi connectivity index (χ0) is 21.3. The van der Waals surface area contributed by atoms with E-state index in [2.05, 4.69) is 34.1 Å². The molecule has 3 aliphatic rings. The molecule has 2 aromatic heterocycles. The van der Waals surface area contributed by atoms with Crippen LogP contribution in [0.15, 0.2) is 36.8 Å². The van der Waals surface area contributed by atoms with Crippen molar-refractivity contribution in [2.45, 2.75) is 25.9 Å². The van der Waals surface area contributed by atoms with Crippen LogP contribution >= 0.6 is 0 Å². The number of aromatic nitrogens is 3. The maximum absolute atomic E-state index is 13.2. The summed E-state index contributed by atoms with van der Waals surface area (Å²) in [5.41, 5.74) is 3.44. The molecule has 1 saturated carbocycles. The van der Waals surface area contributed by atoms with Crippen molar-refractivity contribution in [3.63, 3.8) is 0 Å². The molecule has 0 bridgehead atoms. The number of benzene rings is 1. The monoisotopic (exact) mass is 417 g/mol. The Hall–Kier alpha value is -3.42. The van der Waals surface area contributed by atoms with Crippen LogP contribution in [0.2, 0.25) is 0 Å². The van der Waals surface area contributed by atoms with E-state index >= 15 is 0 Å². The van der Waals surface area contributed by atoms with E-state index in [0.717, 1.165) is 48.5 Å². The van der Waals surface area contributed by atoms with E-state index in [9.17, 15) is 9.59 Å². The molecule has 1 saturated heterocycles. The first-order valence-electron chi connectivity index (χ1n) is 10.6. The molecule has 8 heteroatoms. The number of rotatable bonds is 4. The number of carbonyl (C=O) groups excluding carboxylic acids is 2. The SMILES string of the molecule is CC1(C)Cc2cc(NC(=O)c3cnn4cccnc34)c(N3CC4C(C=O)C4C3)cc2O1. The summed E-state index contributed by atoms with van der Waals surface area (Å²) in [7, 11) is 0. The predicted molar refractivity (Wildman–Crippen MR) is 115 cm³/mol. The summed E-state index contributed by atoms with van der Waals surface area (Å²) in [5.74, 6) is 1.63. The van der Waals surface area contributed by atoms with Gasteiger partial charge in [-0.1, -0.05) is 0 Å². The molecule has 2 unspecified atom stereocenters. The number of anilines is 2. The zero-order valence-electron chi connectivity index (χ0n) is 17.4. The van der Waals surface area contributed by atoms with Crippen LogP contribution in [0, 0.1) is 17.8 Å². The van der Waals surface area contributed by atoms with Gasteiger partial charge in [0.2, 0.25) is 0 Å². The summed E-state index contributed by atoms with van der Waals surface area (Å²) < 4.78 is 7.73. The second kappa shape index (κ2) is 6.29. The fourth-order valence-corrected chi connectivity index (χ4v) is 5.15. The van der Waals surface area contributed by atoms with E-state index in [1.54, 1.807) is 23.0 Å². The van der Waals surface area contributed by atoms with Crippen molar-refractivity contribution in [2.75, 3.05) is 23.3 Å². The Morgan fingerprint density at radius 1 is 1.29 bits per heavy atom. The molecule has 0 radical (unpaired) electrons. The first-order valence-corrected chi connectivity index (χ1v) is 10.6. The van der Waals surface area contributed by atoms with Gasteiger partial charge in [0.15, 0.2) is 5.65 Å². The molecule has 1 aromatic carbocycles. The summed E-state index contributed by atoms with van der Waals surface area (Å²) in [4.78, 5) is 30.9. The molecular formula is C23H23N5O3. The molecule has 6 rings (SSSR count). The van der Waals surface area contributed by atoms with E-state index < -0.39 is 0 Å². The normalized spacial score (nSPS) is 25.1. The minimum absolute atomic E-state index is 0.184. The second-order valence-corrected chi connectivity index (χ2v) is 9.36. The number of carbonyl (C=O) groups is 2. The van der Waals surface area contributed by atoms with Gasteiger partial charge in [-0.3, -0.25) is 4.79 Å². The first-order chi connectivity index (χ1) is 14.9. The Kier molecular flexibility index (Phi) is 3.73. The van der Waals surface area contributed by atoms with E-state index in [-0.39, 0.29) is 17.4 Å². The summed E-state index contributed by atoms with van der Waals surface area (Å²) in [6, 6.07) is 5.83. The highest BCUT2D eigenvalue weighted by molar-refractivity contribution is 6.09. The molecular weight excluding hydrogens is 394 g/mol. The fourth-order valence-electron chi connectivity index (χ4n) is 5.15. The van der Waals surface area contributed by atoms with Gasteiger partial charge in [-0.05, 0) is 37.8 Å². The lowest BCUT2D eigenvalue weighted by molar-refractivity contribution is -0.109. The highest BCUT2D eigenvalue weighted by Gasteiger charge is 2.56. The Balaban J connectivity index is 1.35. The topological polar surface area (TPSA) is 88.8 Å². The number of nitrogens with zero attached hydrogens (tertiary/aromatic N) is 4. The third-order valence-electron chi connectivity index (χ3n) is 6.71. The molecule has 2 atom stereocenters. The van der Waals surface area contributed by atoms with Crippen molar-refractivity contribution in [3.8, 4) is 5.75 Å². The summed E-state index contributed by atoms with van der Waals surface area (Å²) in [6.07, 6.45) is 6.81. The summed E-state index contributed by atoms with van der Waals surface area (Å²) in [5, 5.41) is 7.32. The first kappa shape index (κ1) is 18.4. The molecule has 1 N–H and O–H groups in total. The van der Waals surface area contributed by atoms with Crippen molar-refractivity contribution in [1.82, 2.24) is 14.6 Å². The van der Waals surface area contributed by atoms with Gasteiger partial charge in [0.25, 0.3) is 5.91 Å². The van der Waals surface area contributed by atoms with Gasteiger partial charge in [0, 0.05) is 49.5 Å². The zero-order valence-corrected chi connectivity index (χ0v) is 17.4. The van der Waals surface area contributed by atoms with Crippen molar-refractivity contribution >= 4 is 29.2 Å². The van der Waals surface area contributed by atoms with Crippen LogP contribution in [0.4, 0.5) is 11.4 Å². The smallest absolute Gasteiger partial charge is 0.261 e. The van der Waals surface area contributed by atoms with E-state index in [4.69, 9.17) is 4.74 Å². The summed E-state index contributed by atoms with van der Waals surface area (Å²) >= 11 is 0. The van der Waals surface area contributed by atoms with E-state index in [1.807, 2.05) is 12.1 Å². The van der Waals surface area contributed by atoms with Gasteiger partial charge in [-0.15, -0.1) is 0 Å². The molecule has 2 aliphatic heterocycles. The Morgan fingerprint density at radius 3 is 2.87 bits per heavy atom. The highest BCUT2D eigenvalue weighted by atomic mass is 16.5. The van der Waals surface area contributed by atoms with Crippen LogP contribution in [-0.2, 0) is 11.2 Å². The maximum Gasteiger partial charge on any atom is 0.261 e.